The number of hydrogen-bond acceptors (Lipinski definition) is 6. The molecule has 0 spiro atoms. The van der Waals surface area contributed by atoms with Gasteiger partial charge in [-0.1, -0.05) is 23.7 Å². The number of halogens is 1. The molecule has 0 N–H and O–H groups in total. The number of ether oxygens (including phenoxy) is 2. The smallest absolute Gasteiger partial charge is 0.358 e. The number of carbonyl (C=O) groups is 2. The van der Waals surface area contributed by atoms with Crippen LogP contribution in [0.15, 0.2) is 30.0 Å². The molecule has 0 fully saturated rings. The van der Waals surface area contributed by atoms with Crippen molar-refractivity contribution < 1.29 is 24.0 Å². The van der Waals surface area contributed by atoms with Gasteiger partial charge in [-0.15, -0.1) is 0 Å². The van der Waals surface area contributed by atoms with Gasteiger partial charge in [-0.05, 0) is 24.6 Å². The first kappa shape index (κ1) is 17.6. The normalized spacial score (nSPS) is 12.4. The Kier molecular flexibility index (Phi) is 6.52. The molecule has 0 saturated heterocycles. The highest BCUT2D eigenvalue weighted by Gasteiger charge is 2.36. The lowest BCUT2D eigenvalue weighted by atomic mass is 10.1. The van der Waals surface area contributed by atoms with Crippen LogP contribution < -0.4 is 0 Å². The lowest BCUT2D eigenvalue weighted by molar-refractivity contribution is -0.432. The molecule has 0 bridgehead atoms. The van der Waals surface area contributed by atoms with Gasteiger partial charge in [-0.25, -0.2) is 4.79 Å². The van der Waals surface area contributed by atoms with Gasteiger partial charge in [-0.2, -0.15) is 0 Å². The molecule has 0 radical (unpaired) electrons. The fraction of sp³-hybridized carbons (Fsp3) is 0.286. The lowest BCUT2D eigenvalue weighted by Crippen LogP contribution is -2.33. The Hall–Kier alpha value is -2.41. The molecular formula is C14H14ClNO6. The minimum Gasteiger partial charge on any atom is -0.463 e. The van der Waals surface area contributed by atoms with Crippen molar-refractivity contribution in [2.75, 3.05) is 6.61 Å². The molecule has 0 aliphatic heterocycles. The minimum absolute atomic E-state index is 0.00252. The van der Waals surface area contributed by atoms with Gasteiger partial charge in [0.15, 0.2) is 0 Å². The third-order valence-corrected chi connectivity index (χ3v) is 2.70. The van der Waals surface area contributed by atoms with E-state index in [0.29, 0.717) is 10.6 Å². The van der Waals surface area contributed by atoms with Crippen molar-refractivity contribution in [2.45, 2.75) is 20.0 Å². The molecule has 1 rings (SSSR count). The van der Waals surface area contributed by atoms with Crippen LogP contribution in [0, 0.1) is 10.1 Å². The largest absolute Gasteiger partial charge is 0.463 e. The second-order valence-electron chi connectivity index (χ2n) is 4.12. The van der Waals surface area contributed by atoms with Crippen LogP contribution in [-0.4, -0.2) is 29.6 Å². The molecule has 1 atom stereocenters. The van der Waals surface area contributed by atoms with E-state index in [9.17, 15) is 19.7 Å². The Bertz CT molecular complexity index is 596. The summed E-state index contributed by atoms with van der Waals surface area (Å²) < 4.78 is 9.44. The third kappa shape index (κ3) is 5.17. The molecule has 1 aromatic rings. The third-order valence-electron chi connectivity index (χ3n) is 2.45. The molecule has 22 heavy (non-hydrogen) atoms. The first-order valence-corrected chi connectivity index (χ1v) is 6.68. The van der Waals surface area contributed by atoms with Crippen LogP contribution in [0.25, 0.3) is 6.08 Å². The SMILES string of the molecule is CCOC(=O)C(OC(C)=O)/C(=C/c1ccc(Cl)cc1)[N+](=O)[O-]. The molecule has 0 amide bonds. The van der Waals surface area contributed by atoms with Crippen molar-refractivity contribution in [2.24, 2.45) is 0 Å². The second-order valence-corrected chi connectivity index (χ2v) is 4.56. The topological polar surface area (TPSA) is 95.7 Å². The van der Waals surface area contributed by atoms with Crippen molar-refractivity contribution in [3.8, 4) is 0 Å². The number of nitrogens with zero attached hydrogens (tertiary/aromatic N) is 1. The highest BCUT2D eigenvalue weighted by molar-refractivity contribution is 6.30. The highest BCUT2D eigenvalue weighted by atomic mass is 35.5. The van der Waals surface area contributed by atoms with Gasteiger partial charge in [0.2, 0.25) is 0 Å². The van der Waals surface area contributed by atoms with E-state index in [-0.39, 0.29) is 6.61 Å². The van der Waals surface area contributed by atoms with Crippen LogP contribution in [-0.2, 0) is 19.1 Å². The Morgan fingerprint density at radius 2 is 1.95 bits per heavy atom. The maximum atomic E-state index is 11.8. The van der Waals surface area contributed by atoms with Crippen molar-refractivity contribution in [3.63, 3.8) is 0 Å². The molecule has 1 aromatic carbocycles. The molecule has 8 heteroatoms. The van der Waals surface area contributed by atoms with Gasteiger partial charge in [0.05, 0.1) is 11.5 Å². The average Bonchev–Trinajstić information content (AvgIpc) is 2.44. The number of rotatable bonds is 6. The minimum atomic E-state index is -1.73. The number of carbonyl (C=O) groups excluding carboxylic acids is 2. The Morgan fingerprint density at radius 1 is 1.36 bits per heavy atom. The Morgan fingerprint density at radius 3 is 2.41 bits per heavy atom. The second kappa shape index (κ2) is 8.14. The van der Waals surface area contributed by atoms with Crippen molar-refractivity contribution in [3.05, 3.63) is 50.7 Å². The number of benzene rings is 1. The lowest BCUT2D eigenvalue weighted by Gasteiger charge is -2.13. The van der Waals surface area contributed by atoms with E-state index in [4.69, 9.17) is 21.1 Å². The van der Waals surface area contributed by atoms with Crippen molar-refractivity contribution >= 4 is 29.6 Å². The molecule has 1 unspecified atom stereocenters. The summed E-state index contributed by atoms with van der Waals surface area (Å²) in [6, 6.07) is 6.13. The predicted octanol–water partition coefficient (Wildman–Crippen LogP) is 2.45. The first-order chi connectivity index (χ1) is 10.3. The fourth-order valence-corrected chi connectivity index (χ4v) is 1.69. The van der Waals surface area contributed by atoms with E-state index >= 15 is 0 Å². The maximum Gasteiger partial charge on any atom is 0.358 e. The zero-order valence-electron chi connectivity index (χ0n) is 11.9. The zero-order chi connectivity index (χ0) is 16.7. The van der Waals surface area contributed by atoms with Gasteiger partial charge >= 0.3 is 11.9 Å². The van der Waals surface area contributed by atoms with E-state index in [1.54, 1.807) is 0 Å². The molecule has 0 aromatic heterocycles. The molecule has 0 aliphatic rings. The van der Waals surface area contributed by atoms with Crippen LogP contribution in [0.3, 0.4) is 0 Å². The summed E-state index contributed by atoms with van der Waals surface area (Å²) >= 11 is 5.74. The molecule has 0 heterocycles. The van der Waals surface area contributed by atoms with Crippen molar-refractivity contribution in [1.29, 1.82) is 0 Å². The van der Waals surface area contributed by atoms with Crippen LogP contribution in [0.2, 0.25) is 5.02 Å². The van der Waals surface area contributed by atoms with Gasteiger partial charge < -0.3 is 9.47 Å². The first-order valence-electron chi connectivity index (χ1n) is 6.30. The summed E-state index contributed by atoms with van der Waals surface area (Å²) in [6.45, 7) is 2.59. The van der Waals surface area contributed by atoms with Gasteiger partial charge in [0.1, 0.15) is 0 Å². The highest BCUT2D eigenvalue weighted by Crippen LogP contribution is 2.17. The fourth-order valence-electron chi connectivity index (χ4n) is 1.57. The standard InChI is InChI=1S/C14H14ClNO6/c1-3-21-14(18)13(22-9(2)17)12(16(19)20)8-10-4-6-11(15)7-5-10/h4-8,13H,3H2,1-2H3/b12-8-. The average molecular weight is 328 g/mol. The molecule has 118 valence electrons. The van der Waals surface area contributed by atoms with E-state index < -0.39 is 28.7 Å². The van der Waals surface area contributed by atoms with E-state index in [1.165, 1.54) is 31.2 Å². The van der Waals surface area contributed by atoms with Crippen LogP contribution in [0.1, 0.15) is 19.4 Å². The van der Waals surface area contributed by atoms with Crippen molar-refractivity contribution in [1.82, 2.24) is 0 Å². The number of esters is 2. The maximum absolute atomic E-state index is 11.8. The van der Waals surface area contributed by atoms with Crippen LogP contribution >= 0.6 is 11.6 Å². The summed E-state index contributed by atoms with van der Waals surface area (Å²) in [6.07, 6.45) is -0.607. The van der Waals surface area contributed by atoms with Gasteiger partial charge in [-0.3, -0.25) is 14.9 Å². The predicted molar refractivity (Wildman–Crippen MR) is 78.6 cm³/mol. The van der Waals surface area contributed by atoms with Crippen LogP contribution in [0.5, 0.6) is 0 Å². The van der Waals surface area contributed by atoms with E-state index in [0.717, 1.165) is 13.0 Å². The van der Waals surface area contributed by atoms with Gasteiger partial charge in [0.25, 0.3) is 11.8 Å². The summed E-state index contributed by atoms with van der Waals surface area (Å²) in [4.78, 5) is 33.3. The van der Waals surface area contributed by atoms with E-state index in [2.05, 4.69) is 0 Å². The Labute approximate surface area is 131 Å². The molecular weight excluding hydrogens is 314 g/mol. The summed E-state index contributed by atoms with van der Waals surface area (Å²) in [5, 5.41) is 11.7. The zero-order valence-corrected chi connectivity index (χ0v) is 12.7. The molecule has 0 saturated carbocycles. The summed E-state index contributed by atoms with van der Waals surface area (Å²) in [7, 11) is 0. The molecule has 0 aliphatic carbocycles. The molecule has 7 nitrogen and oxygen atoms in total. The monoisotopic (exact) mass is 327 g/mol. The Balaban J connectivity index is 3.22. The summed E-state index contributed by atoms with van der Waals surface area (Å²) in [5.74, 6) is -1.84. The quantitative estimate of drug-likeness (QED) is 0.452. The van der Waals surface area contributed by atoms with Crippen LogP contribution in [0.4, 0.5) is 0 Å². The van der Waals surface area contributed by atoms with E-state index in [1.807, 2.05) is 0 Å². The number of nitro groups is 1. The van der Waals surface area contributed by atoms with Gasteiger partial charge in [0, 0.05) is 18.0 Å². The summed E-state index contributed by atoms with van der Waals surface area (Å²) in [5.41, 5.74) is -0.173. The number of hydrogen-bond donors (Lipinski definition) is 0.